The minimum Gasteiger partial charge on any atom is -0.494 e. The first-order valence-corrected chi connectivity index (χ1v) is 39.0. The molecule has 0 aliphatic carbocycles. The number of esters is 4. The molecule has 16 heteroatoms. The van der Waals surface area contributed by atoms with Crippen molar-refractivity contribution in [1.82, 2.24) is 4.98 Å². The number of aromatic nitrogens is 1. The summed E-state index contributed by atoms with van der Waals surface area (Å²) in [6, 6.07) is 50.6. The van der Waals surface area contributed by atoms with Gasteiger partial charge in [-0.05, 0) is 214 Å². The average molecular weight is 1470 g/mol. The molecular weight excluding hydrogens is 1360 g/mol. The number of benzene rings is 7. The summed E-state index contributed by atoms with van der Waals surface area (Å²) in [7, 11) is 0. The molecule has 1 heterocycles. The van der Waals surface area contributed by atoms with Gasteiger partial charge in [-0.1, -0.05) is 188 Å². The van der Waals surface area contributed by atoms with Gasteiger partial charge in [-0.2, -0.15) is 0 Å². The van der Waals surface area contributed by atoms with Gasteiger partial charge in [0, 0.05) is 34.5 Å². The van der Waals surface area contributed by atoms with Crippen molar-refractivity contribution in [1.29, 1.82) is 0 Å². The van der Waals surface area contributed by atoms with Crippen LogP contribution in [-0.2, 0) is 6.42 Å². The lowest BCUT2D eigenvalue weighted by atomic mass is 10.0. The zero-order valence-electron chi connectivity index (χ0n) is 64.3. The smallest absolute Gasteiger partial charge is 0.345 e. The highest BCUT2D eigenvalue weighted by atomic mass is 16.5. The predicted molar refractivity (Wildman–Crippen MR) is 427 cm³/mol. The highest BCUT2D eigenvalue weighted by molar-refractivity contribution is 5.93. The van der Waals surface area contributed by atoms with E-state index in [4.69, 9.17) is 33.2 Å². The molecule has 7 aromatic carbocycles. The monoisotopic (exact) mass is 1470 g/mol. The minimum absolute atomic E-state index is 0.339. The van der Waals surface area contributed by atoms with Crippen molar-refractivity contribution in [2.75, 3.05) is 19.8 Å². The lowest BCUT2D eigenvalue weighted by Gasteiger charge is -2.09. The quantitative estimate of drug-likeness (QED) is 0.0150. The molecule has 1 atom stereocenters. The number of carbonyl (C=O) groups is 8. The van der Waals surface area contributed by atoms with Gasteiger partial charge in [0.2, 0.25) is 5.88 Å². The molecule has 0 fully saturated rings. The SMILES string of the molecule is CCC(C)CCCOc1ccc(C(=O)Oc2ccc(C=O)cc2)cn1.CCCCCCCCCCOc1ccc(C(=O)Oc2ccc(C=O)cc2)cc1.CCCCCCCCCCOc1ccc(C(=O)Oc2ccc(C=O)cc2)cc1.CCCCCCCCCCc1ccc(C(=O)Oc2ccc(C=O)cc2)cc1. The maximum atomic E-state index is 12.2. The van der Waals surface area contributed by atoms with Crippen molar-refractivity contribution in [3.05, 3.63) is 238 Å². The molecule has 8 rings (SSSR count). The number of hydrogen-bond acceptors (Lipinski definition) is 16. The number of rotatable bonds is 47. The van der Waals surface area contributed by atoms with Crippen molar-refractivity contribution in [2.45, 2.75) is 214 Å². The van der Waals surface area contributed by atoms with Crippen LogP contribution < -0.4 is 33.2 Å². The Hall–Kier alpha value is -10.4. The highest BCUT2D eigenvalue weighted by Crippen LogP contribution is 2.23. The summed E-state index contributed by atoms with van der Waals surface area (Å²) in [6.45, 7) is 13.1. The van der Waals surface area contributed by atoms with E-state index in [-0.39, 0.29) is 5.97 Å². The Morgan fingerprint density at radius 1 is 0.306 bits per heavy atom. The average Bonchev–Trinajstić information content (AvgIpc) is 0.884. The van der Waals surface area contributed by atoms with Crippen LogP contribution in [0.1, 0.15) is 296 Å². The molecule has 0 N–H and O–H groups in total. The molecule has 0 saturated carbocycles. The van der Waals surface area contributed by atoms with Crippen molar-refractivity contribution in [3.63, 3.8) is 0 Å². The molecule has 0 amide bonds. The Labute approximate surface area is 641 Å². The summed E-state index contributed by atoms with van der Waals surface area (Å²) >= 11 is 0. The second kappa shape index (κ2) is 55.1. The van der Waals surface area contributed by atoms with Gasteiger partial charge in [0.25, 0.3) is 0 Å². The molecular formula is C92H113NO15. The maximum Gasteiger partial charge on any atom is 0.345 e. The largest absolute Gasteiger partial charge is 0.494 e. The molecule has 0 bridgehead atoms. The van der Waals surface area contributed by atoms with Crippen LogP contribution in [0.5, 0.6) is 40.4 Å². The molecule has 0 spiro atoms. The van der Waals surface area contributed by atoms with Crippen LogP contribution in [0.25, 0.3) is 0 Å². The fourth-order valence-electron chi connectivity index (χ4n) is 11.0. The number of carbonyl (C=O) groups excluding carboxylic acids is 8. The molecule has 1 aromatic heterocycles. The molecule has 108 heavy (non-hydrogen) atoms. The fourth-order valence-corrected chi connectivity index (χ4v) is 11.0. The zero-order valence-corrected chi connectivity index (χ0v) is 64.3. The van der Waals surface area contributed by atoms with E-state index in [1.807, 2.05) is 24.3 Å². The molecule has 0 saturated heterocycles. The van der Waals surface area contributed by atoms with Crippen LogP contribution in [0.2, 0.25) is 0 Å². The third-order valence-electron chi connectivity index (χ3n) is 17.9. The van der Waals surface area contributed by atoms with Crippen molar-refractivity contribution >= 4 is 49.0 Å². The van der Waals surface area contributed by atoms with Gasteiger partial charge in [-0.15, -0.1) is 0 Å². The van der Waals surface area contributed by atoms with Gasteiger partial charge in [-0.25, -0.2) is 24.2 Å². The van der Waals surface area contributed by atoms with E-state index in [0.717, 1.165) is 68.7 Å². The number of aryl methyl sites for hydroxylation is 1. The summed E-state index contributed by atoms with van der Waals surface area (Å²) < 4.78 is 38.3. The van der Waals surface area contributed by atoms with E-state index in [1.54, 1.807) is 158 Å². The van der Waals surface area contributed by atoms with Gasteiger partial charge in [-0.3, -0.25) is 19.2 Å². The Morgan fingerprint density at radius 3 is 0.889 bits per heavy atom. The van der Waals surface area contributed by atoms with Crippen molar-refractivity contribution in [2.24, 2.45) is 5.92 Å². The Kier molecular flexibility index (Phi) is 45.1. The molecule has 0 aliphatic heterocycles. The minimum atomic E-state index is -0.505. The number of ether oxygens (including phenoxy) is 7. The first-order valence-electron chi connectivity index (χ1n) is 39.0. The van der Waals surface area contributed by atoms with Gasteiger partial charge >= 0.3 is 23.9 Å². The van der Waals surface area contributed by atoms with E-state index >= 15 is 0 Å². The number of unbranched alkanes of at least 4 members (excludes halogenated alkanes) is 21. The van der Waals surface area contributed by atoms with E-state index in [1.165, 1.54) is 159 Å². The van der Waals surface area contributed by atoms with E-state index in [0.29, 0.717) is 99.1 Å². The zero-order chi connectivity index (χ0) is 77.5. The van der Waals surface area contributed by atoms with Crippen LogP contribution in [0.4, 0.5) is 0 Å². The van der Waals surface area contributed by atoms with Gasteiger partial charge in [0.15, 0.2) is 0 Å². The third-order valence-corrected chi connectivity index (χ3v) is 17.9. The van der Waals surface area contributed by atoms with E-state index in [9.17, 15) is 38.4 Å². The van der Waals surface area contributed by atoms with Gasteiger partial charge in [0.05, 0.1) is 42.1 Å². The topological polar surface area (TPSA) is 214 Å². The van der Waals surface area contributed by atoms with Gasteiger partial charge in [0.1, 0.15) is 59.6 Å². The second-order valence-electron chi connectivity index (χ2n) is 26.8. The Bertz CT molecular complexity index is 3650. The third kappa shape index (κ3) is 37.8. The predicted octanol–water partition coefficient (Wildman–Crippen LogP) is 23.2. The van der Waals surface area contributed by atoms with Crippen LogP contribution in [0.15, 0.2) is 188 Å². The summed E-state index contributed by atoms with van der Waals surface area (Å²) in [4.78, 5) is 95.3. The molecule has 1 unspecified atom stereocenters. The fraction of sp³-hybridized carbons (Fsp3) is 0.402. The molecule has 0 aliphatic rings. The molecule has 576 valence electrons. The van der Waals surface area contributed by atoms with Crippen LogP contribution in [-0.4, -0.2) is 73.8 Å². The lowest BCUT2D eigenvalue weighted by molar-refractivity contribution is 0.0724. The van der Waals surface area contributed by atoms with Crippen LogP contribution >= 0.6 is 0 Å². The first-order chi connectivity index (χ1) is 52.8. The summed E-state index contributed by atoms with van der Waals surface area (Å²) in [6.07, 6.45) is 39.6. The van der Waals surface area contributed by atoms with E-state index < -0.39 is 17.9 Å². The van der Waals surface area contributed by atoms with Crippen molar-refractivity contribution in [3.8, 4) is 40.4 Å². The van der Waals surface area contributed by atoms with Gasteiger partial charge < -0.3 is 33.2 Å². The second-order valence-corrected chi connectivity index (χ2v) is 26.8. The standard InChI is InChI=1S/2C24H30O4.C24H30O3.C20H23NO4/c2*1-2-3-4-5-6-7-8-9-18-27-22-16-12-21(13-17-22)24(26)28-23-14-10-20(19-25)11-15-23;1-2-3-4-5-6-7-8-9-10-20-11-15-22(16-12-20)24(26)27-23-17-13-21(19-25)14-18-23;1-3-15(2)5-4-12-24-19-11-8-17(13-21-19)20(23)25-18-9-6-16(14-22)7-10-18/h2*10-17,19H,2-9,18H2,1H3;11-19H,2-10H2,1H3;6-11,13-15H,3-5,12H2,1-2H3. The normalized spacial score (nSPS) is 10.8. The molecule has 8 aromatic rings. The highest BCUT2D eigenvalue weighted by Gasteiger charge is 2.14. The summed E-state index contributed by atoms with van der Waals surface area (Å²) in [5.41, 5.74) is 5.21. The summed E-state index contributed by atoms with van der Waals surface area (Å²) in [5.74, 6) is 2.59. The molecule has 0 radical (unpaired) electrons. The number of pyridine rings is 1. The maximum absolute atomic E-state index is 12.2. The number of nitrogens with zero attached hydrogens (tertiary/aromatic N) is 1. The lowest BCUT2D eigenvalue weighted by Crippen LogP contribution is -2.09. The number of hydrogen-bond donors (Lipinski definition) is 0. The van der Waals surface area contributed by atoms with E-state index in [2.05, 4.69) is 39.6 Å². The first kappa shape index (κ1) is 88.3. The van der Waals surface area contributed by atoms with Crippen LogP contribution in [0.3, 0.4) is 0 Å². The Balaban J connectivity index is 0.000000258. The summed E-state index contributed by atoms with van der Waals surface area (Å²) in [5, 5.41) is 0. The Morgan fingerprint density at radius 2 is 0.583 bits per heavy atom. The molecule has 16 nitrogen and oxygen atoms in total. The van der Waals surface area contributed by atoms with Crippen molar-refractivity contribution < 1.29 is 71.5 Å². The van der Waals surface area contributed by atoms with Crippen LogP contribution in [0, 0.1) is 5.92 Å². The number of aldehydes is 4.